The molecule has 0 amide bonds. The van der Waals surface area contributed by atoms with E-state index in [1.165, 1.54) is 6.92 Å². The molecule has 17 heavy (non-hydrogen) atoms. The van der Waals surface area contributed by atoms with Crippen LogP contribution in [0.3, 0.4) is 0 Å². The lowest BCUT2D eigenvalue weighted by Crippen LogP contribution is -2.17. The van der Waals surface area contributed by atoms with Gasteiger partial charge in [0, 0.05) is 6.07 Å². The largest absolute Gasteiger partial charge is 0.507 e. The van der Waals surface area contributed by atoms with Crippen molar-refractivity contribution >= 4 is 11.8 Å². The summed E-state index contributed by atoms with van der Waals surface area (Å²) in [6.45, 7) is 1.55. The molecule has 0 saturated heterocycles. The van der Waals surface area contributed by atoms with Crippen molar-refractivity contribution in [3.8, 4) is 17.6 Å². The lowest BCUT2D eigenvalue weighted by atomic mass is 10.1. The van der Waals surface area contributed by atoms with Gasteiger partial charge in [-0.15, -0.1) is 0 Å². The molecule has 0 radical (unpaired) electrons. The molecule has 1 aromatic carbocycles. The SMILES string of the molecule is CCOC(=O)C(=O)c1cc(C#N)c(O)cc1O. The van der Waals surface area contributed by atoms with Crippen molar-refractivity contribution in [3.63, 3.8) is 0 Å². The molecule has 0 fully saturated rings. The molecule has 0 aromatic heterocycles. The molecule has 0 saturated carbocycles. The molecular formula is C11H9NO5. The highest BCUT2D eigenvalue weighted by atomic mass is 16.5. The molecule has 2 N–H and O–H groups in total. The van der Waals surface area contributed by atoms with Crippen LogP contribution in [0.4, 0.5) is 0 Å². The molecule has 0 unspecified atom stereocenters. The van der Waals surface area contributed by atoms with Gasteiger partial charge < -0.3 is 14.9 Å². The van der Waals surface area contributed by atoms with Crippen LogP contribution < -0.4 is 0 Å². The Morgan fingerprint density at radius 2 is 2.00 bits per heavy atom. The molecule has 0 heterocycles. The number of hydrogen-bond donors (Lipinski definition) is 2. The van der Waals surface area contributed by atoms with E-state index in [4.69, 9.17) is 5.26 Å². The van der Waals surface area contributed by atoms with Gasteiger partial charge in [0.25, 0.3) is 5.78 Å². The van der Waals surface area contributed by atoms with Crippen molar-refractivity contribution in [1.29, 1.82) is 5.26 Å². The van der Waals surface area contributed by atoms with E-state index in [0.29, 0.717) is 0 Å². The minimum atomic E-state index is -1.13. The Morgan fingerprint density at radius 1 is 1.35 bits per heavy atom. The van der Waals surface area contributed by atoms with Crippen molar-refractivity contribution in [2.24, 2.45) is 0 Å². The van der Waals surface area contributed by atoms with E-state index in [-0.39, 0.29) is 17.7 Å². The lowest BCUT2D eigenvalue weighted by molar-refractivity contribution is -0.137. The fourth-order valence-corrected chi connectivity index (χ4v) is 1.16. The van der Waals surface area contributed by atoms with Crippen molar-refractivity contribution in [2.75, 3.05) is 6.61 Å². The zero-order valence-corrected chi connectivity index (χ0v) is 8.93. The maximum absolute atomic E-state index is 11.5. The Kier molecular flexibility index (Phi) is 3.67. The zero-order valence-electron chi connectivity index (χ0n) is 8.93. The van der Waals surface area contributed by atoms with Crippen LogP contribution in [-0.2, 0) is 9.53 Å². The molecule has 0 aliphatic carbocycles. The smallest absolute Gasteiger partial charge is 0.379 e. The van der Waals surface area contributed by atoms with Crippen molar-refractivity contribution in [1.82, 2.24) is 0 Å². The molecule has 0 bridgehead atoms. The van der Waals surface area contributed by atoms with Crippen LogP contribution in [0, 0.1) is 11.3 Å². The number of nitriles is 1. The standard InChI is InChI=1S/C11H9NO5/c1-2-17-11(16)10(15)7-3-6(5-12)8(13)4-9(7)14/h3-4,13-14H,2H2,1H3. The monoisotopic (exact) mass is 235 g/mol. The van der Waals surface area contributed by atoms with Gasteiger partial charge in [0.2, 0.25) is 0 Å². The van der Waals surface area contributed by atoms with E-state index >= 15 is 0 Å². The van der Waals surface area contributed by atoms with E-state index in [1.54, 1.807) is 6.07 Å². The third-order valence-corrected chi connectivity index (χ3v) is 1.94. The van der Waals surface area contributed by atoms with Crippen LogP contribution in [0.25, 0.3) is 0 Å². The summed E-state index contributed by atoms with van der Waals surface area (Å²) >= 11 is 0. The summed E-state index contributed by atoms with van der Waals surface area (Å²) in [5.74, 6) is -3.25. The van der Waals surface area contributed by atoms with Crippen LogP contribution in [0.15, 0.2) is 12.1 Å². The van der Waals surface area contributed by atoms with E-state index in [0.717, 1.165) is 12.1 Å². The number of carbonyl (C=O) groups excluding carboxylic acids is 2. The molecule has 0 aliphatic rings. The molecular weight excluding hydrogens is 226 g/mol. The second-order valence-electron chi connectivity index (χ2n) is 3.05. The topological polar surface area (TPSA) is 108 Å². The molecule has 88 valence electrons. The molecule has 1 aromatic rings. The highest BCUT2D eigenvalue weighted by Crippen LogP contribution is 2.27. The lowest BCUT2D eigenvalue weighted by Gasteiger charge is -2.05. The van der Waals surface area contributed by atoms with E-state index in [1.807, 2.05) is 0 Å². The minimum Gasteiger partial charge on any atom is -0.507 e. The highest BCUT2D eigenvalue weighted by molar-refractivity contribution is 6.41. The highest BCUT2D eigenvalue weighted by Gasteiger charge is 2.22. The Labute approximate surface area is 96.7 Å². The number of hydrogen-bond acceptors (Lipinski definition) is 6. The van der Waals surface area contributed by atoms with Crippen LogP contribution >= 0.6 is 0 Å². The quantitative estimate of drug-likeness (QED) is 0.454. The summed E-state index contributed by atoms with van der Waals surface area (Å²) in [7, 11) is 0. The number of benzene rings is 1. The van der Waals surface area contributed by atoms with Crippen LogP contribution in [0.1, 0.15) is 22.8 Å². The molecule has 6 nitrogen and oxygen atoms in total. The molecule has 6 heteroatoms. The Hall–Kier alpha value is -2.55. The summed E-state index contributed by atoms with van der Waals surface area (Å²) in [5, 5.41) is 27.3. The third-order valence-electron chi connectivity index (χ3n) is 1.94. The molecule has 0 aliphatic heterocycles. The number of rotatable bonds is 3. The number of ether oxygens (including phenoxy) is 1. The van der Waals surface area contributed by atoms with Crippen LogP contribution in [0.5, 0.6) is 11.5 Å². The maximum Gasteiger partial charge on any atom is 0.379 e. The second kappa shape index (κ2) is 4.99. The van der Waals surface area contributed by atoms with Gasteiger partial charge in [-0.3, -0.25) is 4.79 Å². The summed E-state index contributed by atoms with van der Waals surface area (Å²) in [6.07, 6.45) is 0. The number of aromatic hydroxyl groups is 2. The Balaban J connectivity index is 3.19. The predicted molar refractivity (Wildman–Crippen MR) is 55.5 cm³/mol. The van der Waals surface area contributed by atoms with Gasteiger partial charge in [0.15, 0.2) is 0 Å². The number of nitrogens with zero attached hydrogens (tertiary/aromatic N) is 1. The number of phenols is 2. The average molecular weight is 235 g/mol. The van der Waals surface area contributed by atoms with Crippen molar-refractivity contribution in [2.45, 2.75) is 6.92 Å². The van der Waals surface area contributed by atoms with Crippen molar-refractivity contribution in [3.05, 3.63) is 23.3 Å². The van der Waals surface area contributed by atoms with Gasteiger partial charge in [-0.25, -0.2) is 4.79 Å². The number of esters is 1. The van der Waals surface area contributed by atoms with Gasteiger partial charge in [0.05, 0.1) is 17.7 Å². The zero-order chi connectivity index (χ0) is 13.0. The molecule has 0 spiro atoms. The first-order valence-electron chi connectivity index (χ1n) is 4.68. The summed E-state index contributed by atoms with van der Waals surface area (Å²) < 4.78 is 4.47. The van der Waals surface area contributed by atoms with Crippen LogP contribution in [-0.4, -0.2) is 28.6 Å². The first-order chi connectivity index (χ1) is 8.01. The molecule has 1 rings (SSSR count). The van der Waals surface area contributed by atoms with E-state index in [2.05, 4.69) is 4.74 Å². The fraction of sp³-hybridized carbons (Fsp3) is 0.182. The van der Waals surface area contributed by atoms with Crippen molar-refractivity contribution < 1.29 is 24.5 Å². The summed E-state index contributed by atoms with van der Waals surface area (Å²) in [4.78, 5) is 22.7. The Morgan fingerprint density at radius 3 is 2.53 bits per heavy atom. The van der Waals surface area contributed by atoms with E-state index < -0.39 is 23.3 Å². The minimum absolute atomic E-state index is 0.0223. The fourth-order valence-electron chi connectivity index (χ4n) is 1.16. The average Bonchev–Trinajstić information content (AvgIpc) is 2.29. The summed E-state index contributed by atoms with van der Waals surface area (Å²) in [5.41, 5.74) is -0.590. The number of phenolic OH excluding ortho intramolecular Hbond substituents is 2. The number of Topliss-reactive ketones (excluding diaryl/α,β-unsaturated/α-hetero) is 1. The van der Waals surface area contributed by atoms with Gasteiger partial charge in [-0.1, -0.05) is 0 Å². The van der Waals surface area contributed by atoms with Gasteiger partial charge in [-0.05, 0) is 13.0 Å². The predicted octanol–water partition coefficient (Wildman–Crippen LogP) is 0.715. The first kappa shape index (κ1) is 12.5. The summed E-state index contributed by atoms with van der Waals surface area (Å²) in [6, 6.07) is 3.38. The van der Waals surface area contributed by atoms with E-state index in [9.17, 15) is 19.8 Å². The number of carbonyl (C=O) groups is 2. The first-order valence-corrected chi connectivity index (χ1v) is 4.68. The second-order valence-corrected chi connectivity index (χ2v) is 3.05. The van der Waals surface area contributed by atoms with Gasteiger partial charge in [-0.2, -0.15) is 5.26 Å². The third kappa shape index (κ3) is 2.52. The van der Waals surface area contributed by atoms with Gasteiger partial charge >= 0.3 is 5.97 Å². The van der Waals surface area contributed by atoms with Crippen LogP contribution in [0.2, 0.25) is 0 Å². The molecule has 0 atom stereocenters. The maximum atomic E-state index is 11.5. The number of ketones is 1. The Bertz CT molecular complexity index is 515. The van der Waals surface area contributed by atoms with Gasteiger partial charge in [0.1, 0.15) is 17.6 Å². The normalized spacial score (nSPS) is 9.41.